The lowest BCUT2D eigenvalue weighted by Crippen LogP contribution is -2.55. The average Bonchev–Trinajstić information content (AvgIpc) is 2.52. The van der Waals surface area contributed by atoms with Crippen molar-refractivity contribution < 1.29 is 19.1 Å². The minimum Gasteiger partial charge on any atom is -0.444 e. The molecule has 0 radical (unpaired) electrons. The standard InChI is InChI=1S/C17H31N3O4/c1-14-13-20(16(22)24-17(2,3)4)8-7-18(14)6-5-15(21)19-9-11-23-12-10-19/h14H,5-13H2,1-4H3. The summed E-state index contributed by atoms with van der Waals surface area (Å²) in [5, 5.41) is 0. The summed E-state index contributed by atoms with van der Waals surface area (Å²) >= 11 is 0. The topological polar surface area (TPSA) is 62.3 Å². The van der Waals surface area contributed by atoms with Crippen molar-refractivity contribution >= 4 is 12.0 Å². The van der Waals surface area contributed by atoms with Crippen LogP contribution in [-0.2, 0) is 14.3 Å². The lowest BCUT2D eigenvalue weighted by molar-refractivity contribution is -0.135. The number of rotatable bonds is 3. The molecule has 0 aromatic carbocycles. The summed E-state index contributed by atoms with van der Waals surface area (Å²) in [7, 11) is 0. The Morgan fingerprint density at radius 1 is 1.08 bits per heavy atom. The first-order valence-corrected chi connectivity index (χ1v) is 8.84. The molecule has 0 aliphatic carbocycles. The second-order valence-electron chi connectivity index (χ2n) is 7.55. The van der Waals surface area contributed by atoms with E-state index in [4.69, 9.17) is 9.47 Å². The first-order chi connectivity index (χ1) is 11.3. The molecule has 2 aliphatic rings. The number of morpholine rings is 1. The Hall–Kier alpha value is -1.34. The van der Waals surface area contributed by atoms with Crippen LogP contribution in [0.1, 0.15) is 34.1 Å². The molecular weight excluding hydrogens is 310 g/mol. The predicted octanol–water partition coefficient (Wildman–Crippen LogP) is 1.18. The third-order valence-electron chi connectivity index (χ3n) is 4.39. The number of carbonyl (C=O) groups excluding carboxylic acids is 2. The van der Waals surface area contributed by atoms with Gasteiger partial charge in [-0.3, -0.25) is 9.69 Å². The smallest absolute Gasteiger partial charge is 0.410 e. The van der Waals surface area contributed by atoms with Crippen molar-refractivity contribution in [3.63, 3.8) is 0 Å². The van der Waals surface area contributed by atoms with E-state index in [2.05, 4.69) is 11.8 Å². The van der Waals surface area contributed by atoms with E-state index in [1.165, 1.54) is 0 Å². The van der Waals surface area contributed by atoms with E-state index in [1.54, 1.807) is 4.90 Å². The summed E-state index contributed by atoms with van der Waals surface area (Å²) in [5.74, 6) is 0.195. The Labute approximate surface area is 144 Å². The monoisotopic (exact) mass is 341 g/mol. The van der Waals surface area contributed by atoms with Crippen molar-refractivity contribution in [1.29, 1.82) is 0 Å². The zero-order valence-electron chi connectivity index (χ0n) is 15.4. The summed E-state index contributed by atoms with van der Waals surface area (Å²) in [5.41, 5.74) is -0.470. The Kier molecular flexibility index (Phi) is 6.46. The molecule has 24 heavy (non-hydrogen) atoms. The van der Waals surface area contributed by atoms with Gasteiger partial charge in [-0.05, 0) is 27.7 Å². The summed E-state index contributed by atoms with van der Waals surface area (Å²) in [4.78, 5) is 30.3. The third kappa shape index (κ3) is 5.63. The van der Waals surface area contributed by atoms with Crippen molar-refractivity contribution in [2.75, 3.05) is 52.5 Å². The largest absolute Gasteiger partial charge is 0.444 e. The van der Waals surface area contributed by atoms with Crippen LogP contribution in [0.4, 0.5) is 4.79 Å². The Balaban J connectivity index is 1.75. The zero-order chi connectivity index (χ0) is 17.7. The van der Waals surface area contributed by atoms with E-state index in [9.17, 15) is 9.59 Å². The van der Waals surface area contributed by atoms with Crippen molar-refractivity contribution in [3.8, 4) is 0 Å². The van der Waals surface area contributed by atoms with Crippen molar-refractivity contribution in [3.05, 3.63) is 0 Å². The number of hydrogen-bond acceptors (Lipinski definition) is 5. The van der Waals surface area contributed by atoms with Gasteiger partial charge in [0.25, 0.3) is 0 Å². The third-order valence-corrected chi connectivity index (χ3v) is 4.39. The maximum Gasteiger partial charge on any atom is 0.410 e. The van der Waals surface area contributed by atoms with Gasteiger partial charge in [0.15, 0.2) is 0 Å². The normalized spacial score (nSPS) is 23.2. The van der Waals surface area contributed by atoms with Crippen LogP contribution < -0.4 is 0 Å². The van der Waals surface area contributed by atoms with Gasteiger partial charge in [0.1, 0.15) is 5.60 Å². The molecule has 2 rings (SSSR count). The van der Waals surface area contributed by atoms with Crippen LogP contribution in [0.5, 0.6) is 0 Å². The summed E-state index contributed by atoms with van der Waals surface area (Å²) in [6, 6.07) is 0.226. The van der Waals surface area contributed by atoms with Crippen LogP contribution in [0.25, 0.3) is 0 Å². The molecule has 7 nitrogen and oxygen atoms in total. The first-order valence-electron chi connectivity index (χ1n) is 8.84. The molecule has 1 atom stereocenters. The van der Waals surface area contributed by atoms with E-state index in [0.29, 0.717) is 45.8 Å². The van der Waals surface area contributed by atoms with Gasteiger partial charge in [-0.15, -0.1) is 0 Å². The Morgan fingerprint density at radius 2 is 1.75 bits per heavy atom. The summed E-state index contributed by atoms with van der Waals surface area (Å²) in [6.45, 7) is 13.2. The molecule has 1 unspecified atom stereocenters. The molecule has 0 bridgehead atoms. The van der Waals surface area contributed by atoms with E-state index in [1.807, 2.05) is 25.7 Å². The fourth-order valence-electron chi connectivity index (χ4n) is 3.03. The van der Waals surface area contributed by atoms with Crippen LogP contribution in [0.2, 0.25) is 0 Å². The highest BCUT2D eigenvalue weighted by molar-refractivity contribution is 5.76. The van der Waals surface area contributed by atoms with Crippen LogP contribution in [0, 0.1) is 0 Å². The highest BCUT2D eigenvalue weighted by Gasteiger charge is 2.30. The number of amides is 2. The number of ether oxygens (including phenoxy) is 2. The summed E-state index contributed by atoms with van der Waals surface area (Å²) < 4.78 is 10.7. The molecule has 2 aliphatic heterocycles. The minimum absolute atomic E-state index is 0.195. The van der Waals surface area contributed by atoms with E-state index in [-0.39, 0.29) is 18.0 Å². The van der Waals surface area contributed by atoms with Crippen LogP contribution >= 0.6 is 0 Å². The molecule has 0 saturated carbocycles. The van der Waals surface area contributed by atoms with Crippen molar-refractivity contribution in [1.82, 2.24) is 14.7 Å². The first kappa shape index (κ1) is 19.0. The molecule has 2 amide bonds. The highest BCUT2D eigenvalue weighted by Crippen LogP contribution is 2.15. The van der Waals surface area contributed by atoms with Gasteiger partial charge in [0.2, 0.25) is 5.91 Å². The molecule has 138 valence electrons. The van der Waals surface area contributed by atoms with Gasteiger partial charge in [0.05, 0.1) is 13.2 Å². The van der Waals surface area contributed by atoms with E-state index < -0.39 is 5.60 Å². The maximum atomic E-state index is 12.2. The lowest BCUT2D eigenvalue weighted by atomic mass is 10.1. The average molecular weight is 341 g/mol. The van der Waals surface area contributed by atoms with Crippen LogP contribution in [-0.4, -0.2) is 90.8 Å². The van der Waals surface area contributed by atoms with E-state index in [0.717, 1.165) is 13.1 Å². The molecule has 0 spiro atoms. The molecular formula is C17H31N3O4. The second-order valence-corrected chi connectivity index (χ2v) is 7.55. The quantitative estimate of drug-likeness (QED) is 0.771. The van der Waals surface area contributed by atoms with Crippen molar-refractivity contribution in [2.45, 2.75) is 45.8 Å². The van der Waals surface area contributed by atoms with Gasteiger partial charge in [0, 0.05) is 51.7 Å². The molecule has 2 saturated heterocycles. The van der Waals surface area contributed by atoms with E-state index >= 15 is 0 Å². The lowest BCUT2D eigenvalue weighted by Gasteiger charge is -2.40. The minimum atomic E-state index is -0.470. The molecule has 0 N–H and O–H groups in total. The van der Waals surface area contributed by atoms with Gasteiger partial charge in [-0.25, -0.2) is 4.79 Å². The molecule has 0 aromatic heterocycles. The number of piperazine rings is 1. The van der Waals surface area contributed by atoms with Gasteiger partial charge >= 0.3 is 6.09 Å². The number of carbonyl (C=O) groups is 2. The second kappa shape index (κ2) is 8.16. The van der Waals surface area contributed by atoms with Crippen LogP contribution in [0.15, 0.2) is 0 Å². The predicted molar refractivity (Wildman–Crippen MR) is 90.9 cm³/mol. The zero-order valence-corrected chi connectivity index (χ0v) is 15.4. The molecule has 2 fully saturated rings. The highest BCUT2D eigenvalue weighted by atomic mass is 16.6. The maximum absolute atomic E-state index is 12.2. The van der Waals surface area contributed by atoms with Gasteiger partial charge in [-0.2, -0.15) is 0 Å². The molecule has 7 heteroatoms. The Morgan fingerprint density at radius 3 is 2.33 bits per heavy atom. The SMILES string of the molecule is CC1CN(C(=O)OC(C)(C)C)CCN1CCC(=O)N1CCOCC1. The summed E-state index contributed by atoms with van der Waals surface area (Å²) in [6.07, 6.45) is 0.273. The number of hydrogen-bond donors (Lipinski definition) is 0. The molecule has 0 aromatic rings. The molecule has 2 heterocycles. The Bertz CT molecular complexity index is 444. The van der Waals surface area contributed by atoms with Gasteiger partial charge < -0.3 is 19.3 Å². The van der Waals surface area contributed by atoms with Crippen LogP contribution in [0.3, 0.4) is 0 Å². The fraction of sp³-hybridized carbons (Fsp3) is 0.882. The van der Waals surface area contributed by atoms with Crippen molar-refractivity contribution in [2.24, 2.45) is 0 Å². The fourth-order valence-corrected chi connectivity index (χ4v) is 3.03. The number of nitrogens with zero attached hydrogens (tertiary/aromatic N) is 3. The van der Waals surface area contributed by atoms with Gasteiger partial charge in [-0.1, -0.05) is 0 Å².